The smallest absolute Gasteiger partial charge is 0.0645 e. The van der Waals surface area contributed by atoms with Crippen molar-refractivity contribution in [3.63, 3.8) is 0 Å². The lowest BCUT2D eigenvalue weighted by molar-refractivity contribution is 1.18. The molecule has 0 radical (unpaired) electrons. The molecule has 11 rings (SSSR count). The molecule has 2 heteroatoms. The molecule has 11 aromatic rings. The lowest BCUT2D eigenvalue weighted by Crippen LogP contribution is -1.98. The largest absolute Gasteiger partial charge is 0.309 e. The molecule has 262 valence electrons. The molecule has 0 spiro atoms. The fraction of sp³-hybridized carbons (Fsp3) is 0. The van der Waals surface area contributed by atoms with E-state index in [0.29, 0.717) is 11.3 Å². The van der Waals surface area contributed by atoms with Crippen LogP contribution >= 0.6 is 0 Å². The van der Waals surface area contributed by atoms with E-state index < -0.39 is 12.1 Å². The molecule has 0 unspecified atom stereocenters. The molecule has 0 N–H and O–H groups in total. The second kappa shape index (κ2) is 13.2. The number of benzene rings is 9. The number of fused-ring (bicyclic) bond motifs is 6. The van der Waals surface area contributed by atoms with Gasteiger partial charge in [-0.25, -0.2) is 0 Å². The Kier molecular flexibility index (Phi) is 6.01. The third kappa shape index (κ3) is 5.11. The van der Waals surface area contributed by atoms with Gasteiger partial charge in [-0.15, -0.1) is 0 Å². The molecule has 0 atom stereocenters. The molecule has 0 amide bonds. The summed E-state index contributed by atoms with van der Waals surface area (Å²) in [4.78, 5) is 0. The number of nitrogens with zero attached hydrogens (tertiary/aromatic N) is 2. The van der Waals surface area contributed by atoms with Gasteiger partial charge >= 0.3 is 0 Å². The van der Waals surface area contributed by atoms with Gasteiger partial charge in [-0.1, -0.05) is 176 Å². The zero-order valence-corrected chi connectivity index (χ0v) is 30.1. The molecule has 0 fully saturated rings. The second-order valence-corrected chi connectivity index (χ2v) is 13.9. The molecule has 2 heterocycles. The van der Waals surface area contributed by atoms with Gasteiger partial charge in [-0.05, 0) is 70.2 Å². The zero-order valence-electron chi connectivity index (χ0n) is 37.1. The first-order valence-corrected chi connectivity index (χ1v) is 18.7. The van der Waals surface area contributed by atoms with Crippen LogP contribution in [0.4, 0.5) is 0 Å². The van der Waals surface area contributed by atoms with Crippen LogP contribution in [0.25, 0.3) is 99.5 Å². The van der Waals surface area contributed by atoms with Crippen LogP contribution in [0.1, 0.15) is 9.60 Å². The molecule has 0 saturated carbocycles. The standard InChI is InChI=1S/C54H36N2/c1-4-17-37(18-5-1)42-23-10-13-28-49(42)55-51-30-15-12-25-45(51)47-35-40(31-33-52(47)55)41-32-34-53-48(36-41)46-27-16-26-44(39-21-8-3-9-22-39)54(46)56(53)50-29-14-11-24-43(50)38-19-6-2-7-20-38/h1-36H/i12D,15D,25D,30D,31D,33D,35D. The van der Waals surface area contributed by atoms with E-state index in [1.807, 2.05) is 121 Å². The van der Waals surface area contributed by atoms with Gasteiger partial charge < -0.3 is 9.13 Å². The molecule has 0 saturated heterocycles. The number of hydrogen-bond acceptors (Lipinski definition) is 0. The van der Waals surface area contributed by atoms with E-state index >= 15 is 0 Å². The summed E-state index contributed by atoms with van der Waals surface area (Å²) in [5.74, 6) is 0. The summed E-state index contributed by atoms with van der Waals surface area (Å²) in [7, 11) is 0. The Morgan fingerprint density at radius 2 is 0.875 bits per heavy atom. The van der Waals surface area contributed by atoms with Crippen LogP contribution in [0.15, 0.2) is 218 Å². The predicted molar refractivity (Wildman–Crippen MR) is 237 cm³/mol. The summed E-state index contributed by atoms with van der Waals surface area (Å²) >= 11 is 0. The van der Waals surface area contributed by atoms with Crippen LogP contribution in [0.3, 0.4) is 0 Å². The minimum atomic E-state index is -0.426. The Morgan fingerprint density at radius 3 is 1.55 bits per heavy atom. The number of aromatic nitrogens is 2. The monoisotopic (exact) mass is 719 g/mol. The molecule has 2 aromatic heterocycles. The van der Waals surface area contributed by atoms with E-state index in [2.05, 4.69) is 59.2 Å². The third-order valence-electron chi connectivity index (χ3n) is 10.8. The number of hydrogen-bond donors (Lipinski definition) is 0. The molecule has 56 heavy (non-hydrogen) atoms. The van der Waals surface area contributed by atoms with Crippen LogP contribution in [0, 0.1) is 0 Å². The highest BCUT2D eigenvalue weighted by molar-refractivity contribution is 6.16. The van der Waals surface area contributed by atoms with Gasteiger partial charge in [0, 0.05) is 38.2 Å². The van der Waals surface area contributed by atoms with Crippen LogP contribution in [0.2, 0.25) is 0 Å². The second-order valence-electron chi connectivity index (χ2n) is 13.9. The lowest BCUT2D eigenvalue weighted by Gasteiger charge is -2.16. The highest BCUT2D eigenvalue weighted by Gasteiger charge is 2.20. The van der Waals surface area contributed by atoms with E-state index in [9.17, 15) is 6.85 Å². The SMILES string of the molecule is [2H]c1c([2H])c([2H])c2c(c1[2H])c1c([2H])c(-c3ccc4c(c3)c3cccc(-c5ccccc5)c3n4-c3ccccc3-c3ccccc3)c([2H])c([2H])c1n2-c1ccccc1-c1ccccc1. The zero-order chi connectivity index (χ0) is 43.1. The summed E-state index contributed by atoms with van der Waals surface area (Å²) in [6.07, 6.45) is 0. The molecular formula is C54H36N2. The highest BCUT2D eigenvalue weighted by Crippen LogP contribution is 2.43. The minimum Gasteiger partial charge on any atom is -0.309 e. The average molecular weight is 720 g/mol. The average Bonchev–Trinajstić information content (AvgIpc) is 3.87. The van der Waals surface area contributed by atoms with Crippen molar-refractivity contribution < 1.29 is 9.60 Å². The Balaban J connectivity index is 1.23. The van der Waals surface area contributed by atoms with Crippen molar-refractivity contribution in [3.05, 3.63) is 218 Å². The van der Waals surface area contributed by atoms with Crippen LogP contribution < -0.4 is 0 Å². The molecule has 0 aliphatic carbocycles. The van der Waals surface area contributed by atoms with E-state index in [1.54, 1.807) is 4.57 Å². The molecule has 0 aliphatic rings. The van der Waals surface area contributed by atoms with Crippen molar-refractivity contribution in [1.29, 1.82) is 0 Å². The summed E-state index contributed by atoms with van der Waals surface area (Å²) < 4.78 is 69.4. The van der Waals surface area contributed by atoms with Crippen molar-refractivity contribution in [2.75, 3.05) is 0 Å². The first kappa shape index (κ1) is 25.6. The van der Waals surface area contributed by atoms with Crippen LogP contribution in [-0.4, -0.2) is 9.13 Å². The maximum absolute atomic E-state index is 9.99. The van der Waals surface area contributed by atoms with E-state index in [4.69, 9.17) is 2.74 Å². The molecule has 0 bridgehead atoms. The van der Waals surface area contributed by atoms with Gasteiger partial charge in [0.1, 0.15) is 0 Å². The summed E-state index contributed by atoms with van der Waals surface area (Å²) in [6.45, 7) is 0. The molecule has 0 aliphatic heterocycles. The Labute approximate surface area is 335 Å². The van der Waals surface area contributed by atoms with Crippen molar-refractivity contribution in [2.24, 2.45) is 0 Å². The summed E-state index contributed by atoms with van der Waals surface area (Å²) in [5.41, 5.74) is 10.5. The van der Waals surface area contributed by atoms with Gasteiger partial charge in [0.25, 0.3) is 0 Å². The maximum Gasteiger partial charge on any atom is 0.0645 e. The van der Waals surface area contributed by atoms with Gasteiger partial charge in [-0.3, -0.25) is 0 Å². The number of para-hydroxylation sites is 4. The van der Waals surface area contributed by atoms with E-state index in [-0.39, 0.29) is 57.6 Å². The van der Waals surface area contributed by atoms with Gasteiger partial charge in [0.05, 0.1) is 43.0 Å². The summed E-state index contributed by atoms with van der Waals surface area (Å²) in [5, 5.41) is 2.21. The van der Waals surface area contributed by atoms with E-state index in [1.165, 1.54) is 0 Å². The normalized spacial score (nSPS) is 13.3. The van der Waals surface area contributed by atoms with Gasteiger partial charge in [0.15, 0.2) is 0 Å². The molecule has 9 aromatic carbocycles. The van der Waals surface area contributed by atoms with E-state index in [0.717, 1.165) is 60.9 Å². The Bertz CT molecular complexity index is 3630. The topological polar surface area (TPSA) is 9.86 Å². The molecular weight excluding hydrogens is 677 g/mol. The van der Waals surface area contributed by atoms with Crippen molar-refractivity contribution in [1.82, 2.24) is 9.13 Å². The minimum absolute atomic E-state index is 0.0838. The maximum atomic E-state index is 9.99. The van der Waals surface area contributed by atoms with Crippen LogP contribution in [-0.2, 0) is 0 Å². The van der Waals surface area contributed by atoms with Gasteiger partial charge in [-0.2, -0.15) is 0 Å². The quantitative estimate of drug-likeness (QED) is 0.162. The first-order chi connectivity index (χ1) is 30.7. The Hall–Kier alpha value is -7.42. The third-order valence-corrected chi connectivity index (χ3v) is 10.8. The summed E-state index contributed by atoms with van der Waals surface area (Å²) in [6, 6.07) is 56.6. The number of rotatable bonds is 6. The van der Waals surface area contributed by atoms with Gasteiger partial charge in [0.2, 0.25) is 0 Å². The van der Waals surface area contributed by atoms with Crippen molar-refractivity contribution in [2.45, 2.75) is 0 Å². The van der Waals surface area contributed by atoms with Crippen molar-refractivity contribution >= 4 is 43.6 Å². The van der Waals surface area contributed by atoms with Crippen molar-refractivity contribution in [3.8, 4) is 55.9 Å². The lowest BCUT2D eigenvalue weighted by atomic mass is 9.99. The molecule has 2 nitrogen and oxygen atoms in total. The first-order valence-electron chi connectivity index (χ1n) is 22.2. The fourth-order valence-corrected chi connectivity index (χ4v) is 8.29. The Morgan fingerprint density at radius 1 is 0.321 bits per heavy atom. The highest BCUT2D eigenvalue weighted by atomic mass is 15.0. The predicted octanol–water partition coefficient (Wildman–Crippen LogP) is 14.5. The fourth-order valence-electron chi connectivity index (χ4n) is 8.29. The van der Waals surface area contributed by atoms with Crippen LogP contribution in [0.5, 0.6) is 0 Å².